The predicted octanol–water partition coefficient (Wildman–Crippen LogP) is 3.80. The largest absolute Gasteiger partial charge is 0.323 e. The van der Waals surface area contributed by atoms with Crippen LogP contribution in [0.15, 0.2) is 56.7 Å². The van der Waals surface area contributed by atoms with Crippen molar-refractivity contribution in [3.8, 4) is 0 Å². The van der Waals surface area contributed by atoms with Crippen molar-refractivity contribution in [3.63, 3.8) is 0 Å². The number of nitrogens with zero attached hydrogens (tertiary/aromatic N) is 3. The van der Waals surface area contributed by atoms with Gasteiger partial charge in [0.15, 0.2) is 4.34 Å². The molecule has 2 heterocycles. The SMILES string of the molecule is O=C(C=Cc1nccs1)Nc1ccc(Sc2nncs2)cc1. The molecular weight excluding hydrogens is 336 g/mol. The Morgan fingerprint density at radius 3 is 2.77 bits per heavy atom. The van der Waals surface area contributed by atoms with Crippen LogP contribution in [0, 0.1) is 0 Å². The molecule has 1 N–H and O–H groups in total. The van der Waals surface area contributed by atoms with E-state index in [-0.39, 0.29) is 5.91 Å². The molecule has 1 amide bonds. The minimum absolute atomic E-state index is 0.181. The Kier molecular flexibility index (Phi) is 4.94. The van der Waals surface area contributed by atoms with Crippen LogP contribution in [-0.4, -0.2) is 21.1 Å². The number of rotatable bonds is 5. The van der Waals surface area contributed by atoms with Gasteiger partial charge >= 0.3 is 0 Å². The summed E-state index contributed by atoms with van der Waals surface area (Å²) in [5.41, 5.74) is 2.45. The van der Waals surface area contributed by atoms with Crippen LogP contribution < -0.4 is 5.32 Å². The third-order valence-electron chi connectivity index (χ3n) is 2.50. The lowest BCUT2D eigenvalue weighted by Crippen LogP contribution is -2.07. The number of aromatic nitrogens is 3. The van der Waals surface area contributed by atoms with Crippen LogP contribution in [-0.2, 0) is 4.79 Å². The van der Waals surface area contributed by atoms with E-state index in [4.69, 9.17) is 0 Å². The van der Waals surface area contributed by atoms with E-state index in [0.717, 1.165) is 19.9 Å². The van der Waals surface area contributed by atoms with Crippen molar-refractivity contribution in [2.24, 2.45) is 0 Å². The maximum Gasteiger partial charge on any atom is 0.248 e. The standard InChI is InChI=1S/C14H10N4OS3/c19-12(5-6-13-15-7-8-20-13)17-10-1-3-11(4-2-10)22-14-18-16-9-21-14/h1-9H,(H,17,19). The molecule has 0 fully saturated rings. The molecule has 0 saturated carbocycles. The summed E-state index contributed by atoms with van der Waals surface area (Å²) in [6.07, 6.45) is 4.87. The first kappa shape index (κ1) is 14.9. The number of anilines is 1. The van der Waals surface area contributed by atoms with E-state index >= 15 is 0 Å². The highest BCUT2D eigenvalue weighted by molar-refractivity contribution is 8.01. The van der Waals surface area contributed by atoms with Gasteiger partial charge in [0.2, 0.25) is 5.91 Å². The fourth-order valence-corrected chi connectivity index (χ4v) is 3.54. The summed E-state index contributed by atoms with van der Waals surface area (Å²) < 4.78 is 0.892. The van der Waals surface area contributed by atoms with E-state index < -0.39 is 0 Å². The Labute approximate surface area is 139 Å². The smallest absolute Gasteiger partial charge is 0.248 e. The van der Waals surface area contributed by atoms with Crippen LogP contribution in [0.3, 0.4) is 0 Å². The maximum absolute atomic E-state index is 11.8. The number of nitrogens with one attached hydrogen (secondary N) is 1. The topological polar surface area (TPSA) is 67.8 Å². The molecule has 8 heteroatoms. The highest BCUT2D eigenvalue weighted by Gasteiger charge is 2.02. The van der Waals surface area contributed by atoms with Crippen LogP contribution in [0.4, 0.5) is 5.69 Å². The number of hydrogen-bond acceptors (Lipinski definition) is 7. The number of carbonyl (C=O) groups is 1. The van der Waals surface area contributed by atoms with E-state index in [1.165, 1.54) is 28.7 Å². The molecule has 0 bridgehead atoms. The Morgan fingerprint density at radius 1 is 1.23 bits per heavy atom. The fourth-order valence-electron chi connectivity index (χ4n) is 1.56. The van der Waals surface area contributed by atoms with Gasteiger partial charge in [0.05, 0.1) is 0 Å². The van der Waals surface area contributed by atoms with Crippen LogP contribution in [0.2, 0.25) is 0 Å². The normalized spacial score (nSPS) is 10.9. The van der Waals surface area contributed by atoms with Gasteiger partial charge in [-0.3, -0.25) is 4.79 Å². The minimum atomic E-state index is -0.181. The van der Waals surface area contributed by atoms with Crippen LogP contribution in [0.5, 0.6) is 0 Å². The molecule has 22 heavy (non-hydrogen) atoms. The summed E-state index contributed by atoms with van der Waals surface area (Å²) in [4.78, 5) is 16.9. The monoisotopic (exact) mass is 346 g/mol. The highest BCUT2D eigenvalue weighted by atomic mass is 32.2. The maximum atomic E-state index is 11.8. The van der Waals surface area contributed by atoms with Gasteiger partial charge < -0.3 is 5.32 Å². The molecule has 0 saturated heterocycles. The molecule has 110 valence electrons. The van der Waals surface area contributed by atoms with Crippen molar-refractivity contribution in [3.05, 3.63) is 52.4 Å². The van der Waals surface area contributed by atoms with Crippen molar-refractivity contribution in [2.45, 2.75) is 9.24 Å². The van der Waals surface area contributed by atoms with E-state index in [2.05, 4.69) is 20.5 Å². The first-order valence-corrected chi connectivity index (χ1v) is 8.80. The molecule has 0 spiro atoms. The van der Waals surface area contributed by atoms with Gasteiger partial charge in [0.25, 0.3) is 0 Å². The third-order valence-corrected chi connectivity index (χ3v) is 5.02. The van der Waals surface area contributed by atoms with Crippen LogP contribution in [0.1, 0.15) is 5.01 Å². The molecule has 0 aliphatic heterocycles. The van der Waals surface area contributed by atoms with Crippen LogP contribution in [0.25, 0.3) is 6.08 Å². The molecule has 0 radical (unpaired) electrons. The van der Waals surface area contributed by atoms with Gasteiger partial charge in [-0.2, -0.15) is 0 Å². The van der Waals surface area contributed by atoms with Gasteiger partial charge in [-0.15, -0.1) is 21.5 Å². The molecular formula is C14H10N4OS3. The Bertz CT molecular complexity index is 752. The lowest BCUT2D eigenvalue weighted by Gasteiger charge is -2.03. The Balaban J connectivity index is 1.57. The van der Waals surface area contributed by atoms with Crippen molar-refractivity contribution in [1.82, 2.24) is 15.2 Å². The lowest BCUT2D eigenvalue weighted by molar-refractivity contribution is -0.111. The van der Waals surface area contributed by atoms with Crippen molar-refractivity contribution in [2.75, 3.05) is 5.32 Å². The van der Waals surface area contributed by atoms with Crippen molar-refractivity contribution in [1.29, 1.82) is 0 Å². The molecule has 0 atom stereocenters. The first-order chi connectivity index (χ1) is 10.8. The van der Waals surface area contributed by atoms with Gasteiger partial charge in [-0.25, -0.2) is 4.98 Å². The number of amides is 1. The second kappa shape index (κ2) is 7.30. The molecule has 3 rings (SSSR count). The third kappa shape index (κ3) is 4.23. The predicted molar refractivity (Wildman–Crippen MR) is 90.3 cm³/mol. The lowest BCUT2D eigenvalue weighted by atomic mass is 10.3. The minimum Gasteiger partial charge on any atom is -0.323 e. The van der Waals surface area contributed by atoms with Gasteiger partial charge in [-0.05, 0) is 30.3 Å². The van der Waals surface area contributed by atoms with Gasteiger partial charge in [0, 0.05) is 28.2 Å². The number of hydrogen-bond donors (Lipinski definition) is 1. The zero-order valence-corrected chi connectivity index (χ0v) is 13.6. The first-order valence-electron chi connectivity index (χ1n) is 6.22. The zero-order valence-electron chi connectivity index (χ0n) is 11.2. The summed E-state index contributed by atoms with van der Waals surface area (Å²) in [5, 5.41) is 13.3. The summed E-state index contributed by atoms with van der Waals surface area (Å²) in [6, 6.07) is 7.59. The van der Waals surface area contributed by atoms with E-state index in [1.807, 2.05) is 29.6 Å². The number of carbonyl (C=O) groups excluding carboxylic acids is 1. The fraction of sp³-hybridized carbons (Fsp3) is 0. The molecule has 5 nitrogen and oxygen atoms in total. The molecule has 0 aliphatic carbocycles. The molecule has 0 unspecified atom stereocenters. The van der Waals surface area contributed by atoms with Crippen LogP contribution >= 0.6 is 34.4 Å². The van der Waals surface area contributed by atoms with E-state index in [0.29, 0.717) is 0 Å². The molecule has 3 aromatic rings. The quantitative estimate of drug-likeness (QED) is 0.712. The second-order valence-electron chi connectivity index (χ2n) is 4.02. The Morgan fingerprint density at radius 2 is 2.09 bits per heavy atom. The van der Waals surface area contributed by atoms with E-state index in [9.17, 15) is 4.79 Å². The Hall–Kier alpha value is -2.03. The zero-order chi connectivity index (χ0) is 15.2. The summed E-state index contributed by atoms with van der Waals surface area (Å²) in [7, 11) is 0. The van der Waals surface area contributed by atoms with Crippen molar-refractivity contribution < 1.29 is 4.79 Å². The van der Waals surface area contributed by atoms with E-state index in [1.54, 1.807) is 29.5 Å². The average molecular weight is 346 g/mol. The average Bonchev–Trinajstić information content (AvgIpc) is 3.20. The summed E-state index contributed by atoms with van der Waals surface area (Å²) in [6.45, 7) is 0. The number of thiazole rings is 1. The van der Waals surface area contributed by atoms with Gasteiger partial charge in [-0.1, -0.05) is 23.1 Å². The van der Waals surface area contributed by atoms with Gasteiger partial charge in [0.1, 0.15) is 10.5 Å². The molecule has 2 aromatic heterocycles. The molecule has 1 aromatic carbocycles. The highest BCUT2D eigenvalue weighted by Crippen LogP contribution is 2.29. The number of benzene rings is 1. The summed E-state index contributed by atoms with van der Waals surface area (Å²) >= 11 is 4.52. The second-order valence-corrected chi connectivity index (χ2v) is 7.10. The summed E-state index contributed by atoms with van der Waals surface area (Å²) in [5.74, 6) is -0.181. The molecule has 0 aliphatic rings. The van der Waals surface area contributed by atoms with Crippen molar-refractivity contribution >= 4 is 52.1 Å².